The third kappa shape index (κ3) is 20.3. The van der Waals surface area contributed by atoms with Gasteiger partial charge in [0.25, 0.3) is 0 Å². The van der Waals surface area contributed by atoms with Crippen LogP contribution in [-0.4, -0.2) is 44.5 Å². The summed E-state index contributed by atoms with van der Waals surface area (Å²) in [6.07, 6.45) is 6.44. The van der Waals surface area contributed by atoms with Gasteiger partial charge in [0, 0.05) is 13.0 Å². The molecule has 0 aliphatic carbocycles. The van der Waals surface area contributed by atoms with Crippen molar-refractivity contribution in [1.82, 2.24) is 0 Å². The molecule has 0 saturated heterocycles. The molecule has 0 heterocycles. The molecule has 0 aromatic rings. The number of hydrogen-bond donors (Lipinski definition) is 1. The average molecular weight is 241 g/mol. The van der Waals surface area contributed by atoms with E-state index in [1.807, 2.05) is 0 Å². The minimum absolute atomic E-state index is 0.0938. The molecular weight excluding hydrogens is 216 g/mol. The average Bonchev–Trinajstić information content (AvgIpc) is 2.30. The molecule has 3 nitrogen and oxygen atoms in total. The second kappa shape index (κ2) is 19.7. The minimum Gasteiger partial charge on any atom is -0.394 e. The first kappa shape index (κ1) is 17.6. The second-order valence-corrected chi connectivity index (χ2v) is 3.01. The fraction of sp³-hybridized carbons (Fsp3) is 1.00. The Morgan fingerprint density at radius 2 is 1.47 bits per heavy atom. The van der Waals surface area contributed by atoms with Crippen LogP contribution in [0.4, 0.5) is 0 Å². The Bertz CT molecular complexity index is 81.9. The van der Waals surface area contributed by atoms with Gasteiger partial charge in [0.05, 0.1) is 26.4 Å². The monoisotopic (exact) mass is 240 g/mol. The molecule has 1 N–H and O–H groups in total. The number of rotatable bonds is 10. The molecule has 0 spiro atoms. The Labute approximate surface area is 98.7 Å². The molecule has 4 heteroatoms. The molecular formula is C11H25ClO3. The Morgan fingerprint density at radius 3 is 2.00 bits per heavy atom. The van der Waals surface area contributed by atoms with Gasteiger partial charge in [0.2, 0.25) is 0 Å². The molecule has 0 unspecified atom stereocenters. The number of aliphatic hydroxyl groups excluding tert-OH is 1. The van der Waals surface area contributed by atoms with Crippen LogP contribution in [0.3, 0.4) is 0 Å². The summed E-state index contributed by atoms with van der Waals surface area (Å²) in [7, 11) is 0. The lowest BCUT2D eigenvalue weighted by Crippen LogP contribution is -2.07. The van der Waals surface area contributed by atoms with E-state index in [9.17, 15) is 0 Å². The van der Waals surface area contributed by atoms with E-state index in [0.717, 1.165) is 13.0 Å². The maximum atomic E-state index is 8.40. The fourth-order valence-corrected chi connectivity index (χ4v) is 1.02. The van der Waals surface area contributed by atoms with Crippen LogP contribution < -0.4 is 0 Å². The van der Waals surface area contributed by atoms with Crippen LogP contribution in [0.25, 0.3) is 0 Å². The molecule has 0 bridgehead atoms. The smallest absolute Gasteiger partial charge is 0.0701 e. The van der Waals surface area contributed by atoms with Crippen LogP contribution in [-0.2, 0) is 9.47 Å². The van der Waals surface area contributed by atoms with Gasteiger partial charge < -0.3 is 14.6 Å². The molecule has 0 aromatic heterocycles. The van der Waals surface area contributed by atoms with Gasteiger partial charge in [-0.15, -0.1) is 11.6 Å². The predicted molar refractivity (Wildman–Crippen MR) is 64.6 cm³/mol. The quantitative estimate of drug-likeness (QED) is 0.471. The summed E-state index contributed by atoms with van der Waals surface area (Å²) in [5.41, 5.74) is 0. The molecule has 0 rings (SSSR count). The number of aliphatic hydroxyl groups is 1. The second-order valence-electron chi connectivity index (χ2n) is 3.01. The van der Waals surface area contributed by atoms with Crippen molar-refractivity contribution < 1.29 is 14.6 Å². The zero-order valence-corrected chi connectivity index (χ0v) is 10.8. The van der Waals surface area contributed by atoms with Crippen LogP contribution in [0.2, 0.25) is 0 Å². The zero-order chi connectivity index (χ0) is 11.8. The van der Waals surface area contributed by atoms with Crippen molar-refractivity contribution in [2.45, 2.75) is 32.6 Å². The normalized spacial score (nSPS) is 9.60. The van der Waals surface area contributed by atoms with Gasteiger partial charge in [-0.1, -0.05) is 26.2 Å². The summed E-state index contributed by atoms with van der Waals surface area (Å²) in [5.74, 6) is 0. The Balaban J connectivity index is 0. The maximum Gasteiger partial charge on any atom is 0.0701 e. The number of hydrogen-bond acceptors (Lipinski definition) is 3. The van der Waals surface area contributed by atoms with E-state index in [1.54, 1.807) is 0 Å². The van der Waals surface area contributed by atoms with Crippen molar-refractivity contribution in [3.63, 3.8) is 0 Å². The van der Waals surface area contributed by atoms with Crippen LogP contribution in [0.5, 0.6) is 0 Å². The van der Waals surface area contributed by atoms with E-state index in [2.05, 4.69) is 18.5 Å². The molecule has 0 aliphatic heterocycles. The summed E-state index contributed by atoms with van der Waals surface area (Å²) in [6, 6.07) is 0. The number of halogens is 1. The fourth-order valence-electron chi connectivity index (χ4n) is 1.02. The lowest BCUT2D eigenvalue weighted by atomic mass is 10.2. The van der Waals surface area contributed by atoms with Gasteiger partial charge >= 0.3 is 0 Å². The van der Waals surface area contributed by atoms with E-state index >= 15 is 0 Å². The number of ether oxygens (including phenoxy) is 2. The largest absolute Gasteiger partial charge is 0.394 e. The van der Waals surface area contributed by atoms with Crippen molar-refractivity contribution in [2.24, 2.45) is 0 Å². The standard InChI is InChI=1S/C10H22O3.CH3Cl/c1-2-3-4-5-7-12-9-10-13-8-6-11;1-2/h11H,2-10H2,1H3;1H3. The minimum atomic E-state index is 0.0938. The molecule has 0 aliphatic rings. The molecule has 0 atom stereocenters. The highest BCUT2D eigenvalue weighted by molar-refractivity contribution is 6.15. The third-order valence-electron chi connectivity index (χ3n) is 1.75. The SMILES string of the molecule is CCCCCCOCCOCCO.CCl. The number of unbranched alkanes of at least 4 members (excludes halogenated alkanes) is 3. The number of alkyl halides is 1. The lowest BCUT2D eigenvalue weighted by Gasteiger charge is -2.04. The Morgan fingerprint density at radius 1 is 0.867 bits per heavy atom. The van der Waals surface area contributed by atoms with E-state index in [-0.39, 0.29) is 6.61 Å². The van der Waals surface area contributed by atoms with E-state index in [1.165, 1.54) is 25.6 Å². The Kier molecular flexibility index (Phi) is 23.1. The predicted octanol–water partition coefficient (Wildman–Crippen LogP) is 2.45. The summed E-state index contributed by atoms with van der Waals surface area (Å²) in [6.45, 7) is 4.78. The van der Waals surface area contributed by atoms with Gasteiger partial charge in [0.15, 0.2) is 0 Å². The van der Waals surface area contributed by atoms with Gasteiger partial charge in [0.1, 0.15) is 0 Å². The summed E-state index contributed by atoms with van der Waals surface area (Å²) in [5, 5.41) is 8.40. The Hall–Kier alpha value is 0.170. The lowest BCUT2D eigenvalue weighted by molar-refractivity contribution is 0.0321. The zero-order valence-electron chi connectivity index (χ0n) is 10.0. The topological polar surface area (TPSA) is 38.7 Å². The van der Waals surface area contributed by atoms with Gasteiger partial charge in [-0.2, -0.15) is 0 Å². The third-order valence-corrected chi connectivity index (χ3v) is 1.75. The highest BCUT2D eigenvalue weighted by atomic mass is 35.5. The van der Waals surface area contributed by atoms with Crippen molar-refractivity contribution in [3.05, 3.63) is 0 Å². The summed E-state index contributed by atoms with van der Waals surface area (Å²) in [4.78, 5) is 0. The first-order chi connectivity index (χ1) is 7.41. The van der Waals surface area contributed by atoms with Gasteiger partial charge in [-0.3, -0.25) is 0 Å². The van der Waals surface area contributed by atoms with E-state index in [0.29, 0.717) is 19.8 Å². The van der Waals surface area contributed by atoms with E-state index in [4.69, 9.17) is 14.6 Å². The maximum absolute atomic E-state index is 8.40. The molecule has 0 saturated carbocycles. The van der Waals surface area contributed by atoms with Crippen LogP contribution in [0, 0.1) is 0 Å². The summed E-state index contributed by atoms with van der Waals surface area (Å²) < 4.78 is 10.4. The molecule has 0 fully saturated rings. The molecule has 0 aromatic carbocycles. The molecule has 0 amide bonds. The van der Waals surface area contributed by atoms with Crippen molar-refractivity contribution in [1.29, 1.82) is 0 Å². The highest BCUT2D eigenvalue weighted by Crippen LogP contribution is 1.98. The van der Waals surface area contributed by atoms with E-state index < -0.39 is 0 Å². The highest BCUT2D eigenvalue weighted by Gasteiger charge is 1.90. The van der Waals surface area contributed by atoms with Crippen molar-refractivity contribution in [2.75, 3.05) is 39.4 Å². The van der Waals surface area contributed by atoms with Crippen LogP contribution >= 0.6 is 11.6 Å². The van der Waals surface area contributed by atoms with Crippen LogP contribution in [0.15, 0.2) is 0 Å². The van der Waals surface area contributed by atoms with Crippen molar-refractivity contribution in [3.8, 4) is 0 Å². The molecule has 15 heavy (non-hydrogen) atoms. The van der Waals surface area contributed by atoms with Crippen LogP contribution in [0.1, 0.15) is 32.6 Å². The molecule has 0 radical (unpaired) electrons. The molecule has 94 valence electrons. The van der Waals surface area contributed by atoms with Crippen molar-refractivity contribution >= 4 is 11.6 Å². The first-order valence-electron chi connectivity index (χ1n) is 5.56. The van der Waals surface area contributed by atoms with Gasteiger partial charge in [-0.05, 0) is 6.42 Å². The summed E-state index contributed by atoms with van der Waals surface area (Å²) >= 11 is 4.64. The van der Waals surface area contributed by atoms with Gasteiger partial charge in [-0.25, -0.2) is 0 Å². The first-order valence-corrected chi connectivity index (χ1v) is 6.31.